The highest BCUT2D eigenvalue weighted by Crippen LogP contribution is 2.22. The van der Waals surface area contributed by atoms with Crippen LogP contribution in [0.15, 0.2) is 15.5 Å². The highest BCUT2D eigenvalue weighted by atomic mass is 79.9. The summed E-state index contributed by atoms with van der Waals surface area (Å²) in [5, 5.41) is 13.9. The Hall–Kier alpha value is -0.920. The molecule has 2 heterocycles. The second-order valence-corrected chi connectivity index (χ2v) is 6.64. The number of aryl methyl sites for hydroxylation is 1. The Bertz CT molecular complexity index is 530. The molecule has 2 rings (SSSR count). The van der Waals surface area contributed by atoms with E-state index in [2.05, 4.69) is 30.8 Å². The first kappa shape index (κ1) is 15.5. The standard InChI is InChI=1S/C13H21BrN4O2/c1-13(2,20)9-17-4-6-18(7-5-17)10-8-15-16(3)12(19)11(10)14/h8,20H,4-7,9H2,1-3H3. The van der Waals surface area contributed by atoms with E-state index >= 15 is 0 Å². The van der Waals surface area contributed by atoms with Gasteiger partial charge in [0.1, 0.15) is 4.47 Å². The van der Waals surface area contributed by atoms with Gasteiger partial charge >= 0.3 is 0 Å². The van der Waals surface area contributed by atoms with Crippen molar-refractivity contribution in [1.82, 2.24) is 14.7 Å². The molecule has 1 saturated heterocycles. The number of aliphatic hydroxyl groups is 1. The number of aromatic nitrogens is 2. The number of rotatable bonds is 3. The molecule has 6 nitrogen and oxygen atoms in total. The summed E-state index contributed by atoms with van der Waals surface area (Å²) in [4.78, 5) is 16.3. The lowest BCUT2D eigenvalue weighted by Crippen LogP contribution is -2.50. The van der Waals surface area contributed by atoms with Crippen molar-refractivity contribution in [3.8, 4) is 0 Å². The van der Waals surface area contributed by atoms with Gasteiger partial charge in [-0.05, 0) is 29.8 Å². The van der Waals surface area contributed by atoms with Gasteiger partial charge in [0.2, 0.25) is 0 Å². The topological polar surface area (TPSA) is 61.6 Å². The zero-order chi connectivity index (χ0) is 14.9. The number of β-amino-alcohol motifs (C(OH)–C–C–N with tert-alkyl or cyclic N) is 1. The van der Waals surface area contributed by atoms with Gasteiger partial charge in [-0.15, -0.1) is 0 Å². The van der Waals surface area contributed by atoms with Crippen molar-refractivity contribution in [2.45, 2.75) is 19.4 Å². The highest BCUT2D eigenvalue weighted by Gasteiger charge is 2.24. The van der Waals surface area contributed by atoms with Gasteiger partial charge < -0.3 is 10.0 Å². The number of halogens is 1. The highest BCUT2D eigenvalue weighted by molar-refractivity contribution is 9.10. The van der Waals surface area contributed by atoms with Crippen molar-refractivity contribution in [2.24, 2.45) is 7.05 Å². The summed E-state index contributed by atoms with van der Waals surface area (Å²) in [6.45, 7) is 7.68. The van der Waals surface area contributed by atoms with Gasteiger partial charge in [0.25, 0.3) is 5.56 Å². The maximum absolute atomic E-state index is 11.9. The lowest BCUT2D eigenvalue weighted by atomic mass is 10.1. The molecule has 0 radical (unpaired) electrons. The van der Waals surface area contributed by atoms with Crippen LogP contribution < -0.4 is 10.5 Å². The second kappa shape index (κ2) is 5.83. The third kappa shape index (κ3) is 3.59. The molecule has 1 N–H and O–H groups in total. The van der Waals surface area contributed by atoms with E-state index in [9.17, 15) is 9.90 Å². The van der Waals surface area contributed by atoms with Crippen LogP contribution in [0.1, 0.15) is 13.8 Å². The molecule has 0 atom stereocenters. The number of anilines is 1. The fraction of sp³-hybridized carbons (Fsp3) is 0.692. The Morgan fingerprint density at radius 3 is 2.50 bits per heavy atom. The molecule has 0 bridgehead atoms. The number of nitrogens with zero attached hydrogens (tertiary/aromatic N) is 4. The molecule has 1 aromatic heterocycles. The summed E-state index contributed by atoms with van der Waals surface area (Å²) in [7, 11) is 1.64. The van der Waals surface area contributed by atoms with Crippen molar-refractivity contribution < 1.29 is 5.11 Å². The minimum atomic E-state index is -0.674. The van der Waals surface area contributed by atoms with Gasteiger partial charge in [-0.1, -0.05) is 0 Å². The van der Waals surface area contributed by atoms with Crippen molar-refractivity contribution in [1.29, 1.82) is 0 Å². The van der Waals surface area contributed by atoms with E-state index in [0.29, 0.717) is 11.0 Å². The predicted octanol–water partition coefficient (Wildman–Crippen LogP) is 0.436. The van der Waals surface area contributed by atoms with E-state index in [0.717, 1.165) is 31.9 Å². The molecule has 1 aliphatic rings. The zero-order valence-corrected chi connectivity index (χ0v) is 13.7. The summed E-state index contributed by atoms with van der Waals surface area (Å²) in [6.07, 6.45) is 1.72. The number of hydrogen-bond donors (Lipinski definition) is 1. The molecule has 0 unspecified atom stereocenters. The predicted molar refractivity (Wildman–Crippen MR) is 82.1 cm³/mol. The van der Waals surface area contributed by atoms with Gasteiger partial charge in [-0.2, -0.15) is 5.10 Å². The fourth-order valence-electron chi connectivity index (χ4n) is 2.42. The van der Waals surface area contributed by atoms with Crippen molar-refractivity contribution in [3.63, 3.8) is 0 Å². The molecule has 0 aromatic carbocycles. The molecule has 7 heteroatoms. The summed E-state index contributed by atoms with van der Waals surface area (Å²) in [5.74, 6) is 0. The van der Waals surface area contributed by atoms with E-state index < -0.39 is 5.60 Å². The normalized spacial score (nSPS) is 17.6. The molecule has 112 valence electrons. The maximum atomic E-state index is 11.9. The molecular formula is C13H21BrN4O2. The quantitative estimate of drug-likeness (QED) is 0.861. The summed E-state index contributed by atoms with van der Waals surface area (Å²) in [5.41, 5.74) is 0.0462. The molecule has 0 spiro atoms. The first-order valence-corrected chi connectivity index (χ1v) is 7.49. The molecule has 0 amide bonds. The third-order valence-electron chi connectivity index (χ3n) is 3.38. The zero-order valence-electron chi connectivity index (χ0n) is 12.1. The lowest BCUT2D eigenvalue weighted by molar-refractivity contribution is 0.0345. The van der Waals surface area contributed by atoms with Crippen LogP contribution in [0.4, 0.5) is 5.69 Å². The minimum Gasteiger partial charge on any atom is -0.389 e. The third-order valence-corrected chi connectivity index (χ3v) is 4.13. The van der Waals surface area contributed by atoms with Crippen LogP contribution in [0, 0.1) is 0 Å². The molecular weight excluding hydrogens is 324 g/mol. The Morgan fingerprint density at radius 1 is 1.35 bits per heavy atom. The van der Waals surface area contributed by atoms with E-state index in [1.807, 2.05) is 13.8 Å². The molecule has 0 saturated carbocycles. The SMILES string of the molecule is Cn1ncc(N2CCN(CC(C)(C)O)CC2)c(Br)c1=O. The van der Waals surface area contributed by atoms with Gasteiger partial charge in [0.05, 0.1) is 17.5 Å². The van der Waals surface area contributed by atoms with E-state index in [-0.39, 0.29) is 5.56 Å². The van der Waals surface area contributed by atoms with Crippen LogP contribution in [0.2, 0.25) is 0 Å². The molecule has 0 aliphatic carbocycles. The molecule has 1 aromatic rings. The van der Waals surface area contributed by atoms with Crippen molar-refractivity contribution in [2.75, 3.05) is 37.6 Å². The van der Waals surface area contributed by atoms with Crippen molar-refractivity contribution >= 4 is 21.6 Å². The minimum absolute atomic E-state index is 0.124. The Labute approximate surface area is 127 Å². The van der Waals surface area contributed by atoms with E-state index in [4.69, 9.17) is 0 Å². The van der Waals surface area contributed by atoms with Crippen LogP contribution in [0.5, 0.6) is 0 Å². The smallest absolute Gasteiger partial charge is 0.282 e. The Balaban J connectivity index is 2.05. The molecule has 1 aliphatic heterocycles. The van der Waals surface area contributed by atoms with Crippen LogP contribution in [-0.2, 0) is 7.05 Å². The van der Waals surface area contributed by atoms with E-state index in [1.54, 1.807) is 13.2 Å². The Kier molecular flexibility index (Phi) is 4.51. The second-order valence-electron chi connectivity index (χ2n) is 5.85. The van der Waals surface area contributed by atoms with Gasteiger partial charge in [0.15, 0.2) is 0 Å². The summed E-state index contributed by atoms with van der Waals surface area (Å²) in [6, 6.07) is 0. The first-order valence-electron chi connectivity index (χ1n) is 6.69. The van der Waals surface area contributed by atoms with E-state index in [1.165, 1.54) is 4.68 Å². The monoisotopic (exact) mass is 344 g/mol. The van der Waals surface area contributed by atoms with Gasteiger partial charge in [-0.25, -0.2) is 4.68 Å². The summed E-state index contributed by atoms with van der Waals surface area (Å²) < 4.78 is 1.88. The fourth-order valence-corrected chi connectivity index (χ4v) is 3.03. The average Bonchev–Trinajstić information content (AvgIpc) is 2.36. The Morgan fingerprint density at radius 2 is 1.95 bits per heavy atom. The number of piperazine rings is 1. The van der Waals surface area contributed by atoms with Crippen LogP contribution >= 0.6 is 15.9 Å². The van der Waals surface area contributed by atoms with Crippen LogP contribution in [0.3, 0.4) is 0 Å². The number of hydrogen-bond acceptors (Lipinski definition) is 5. The van der Waals surface area contributed by atoms with Crippen LogP contribution in [-0.4, -0.2) is 58.1 Å². The largest absolute Gasteiger partial charge is 0.389 e. The van der Waals surface area contributed by atoms with Crippen molar-refractivity contribution in [3.05, 3.63) is 21.0 Å². The van der Waals surface area contributed by atoms with Gasteiger partial charge in [-0.3, -0.25) is 9.69 Å². The maximum Gasteiger partial charge on any atom is 0.282 e. The van der Waals surface area contributed by atoms with Crippen LogP contribution in [0.25, 0.3) is 0 Å². The summed E-state index contributed by atoms with van der Waals surface area (Å²) >= 11 is 3.36. The molecule has 1 fully saturated rings. The average molecular weight is 345 g/mol. The lowest BCUT2D eigenvalue weighted by Gasteiger charge is -2.38. The first-order chi connectivity index (χ1) is 9.28. The molecule has 20 heavy (non-hydrogen) atoms. The van der Waals surface area contributed by atoms with Gasteiger partial charge in [0, 0.05) is 39.8 Å².